The van der Waals surface area contributed by atoms with Gasteiger partial charge >= 0.3 is 6.03 Å². The van der Waals surface area contributed by atoms with Crippen molar-refractivity contribution in [1.82, 2.24) is 5.32 Å². The molecule has 1 rings (SSSR count). The highest BCUT2D eigenvalue weighted by Crippen LogP contribution is 2.18. The number of rotatable bonds is 1. The summed E-state index contributed by atoms with van der Waals surface area (Å²) < 4.78 is 0. The van der Waals surface area contributed by atoms with Gasteiger partial charge in [-0.1, -0.05) is 18.2 Å². The zero-order valence-electron chi connectivity index (χ0n) is 10.7. The van der Waals surface area contributed by atoms with E-state index in [1.165, 1.54) is 0 Å². The third-order valence-corrected chi connectivity index (χ3v) is 2.26. The molecule has 0 saturated heterocycles. The molecule has 0 atom stereocenters. The number of para-hydroxylation sites is 1. The van der Waals surface area contributed by atoms with Crippen LogP contribution in [0.4, 0.5) is 10.5 Å². The van der Waals surface area contributed by atoms with Gasteiger partial charge in [0, 0.05) is 18.3 Å². The average Bonchev–Trinajstić information content (AvgIpc) is 2.15. The number of hydrogen-bond acceptors (Lipinski definition) is 1. The Bertz CT molecular complexity index is 380. The normalized spacial score (nSPS) is 11.1. The molecule has 0 spiro atoms. The molecule has 0 aliphatic rings. The van der Waals surface area contributed by atoms with Crippen LogP contribution in [-0.2, 0) is 0 Å². The first kappa shape index (κ1) is 12.6. The average molecular weight is 220 g/mol. The summed E-state index contributed by atoms with van der Waals surface area (Å²) in [5.74, 6) is 0. The van der Waals surface area contributed by atoms with Crippen LogP contribution < -0.4 is 10.2 Å². The van der Waals surface area contributed by atoms with Crippen molar-refractivity contribution in [3.8, 4) is 0 Å². The van der Waals surface area contributed by atoms with E-state index in [1.807, 2.05) is 52.0 Å². The van der Waals surface area contributed by atoms with Gasteiger partial charge < -0.3 is 5.32 Å². The maximum absolute atomic E-state index is 11.9. The number of benzene rings is 1. The van der Waals surface area contributed by atoms with E-state index in [9.17, 15) is 4.79 Å². The molecule has 0 bridgehead atoms. The lowest BCUT2D eigenvalue weighted by molar-refractivity contribution is 0.239. The molecule has 16 heavy (non-hydrogen) atoms. The van der Waals surface area contributed by atoms with Crippen LogP contribution in [0.15, 0.2) is 24.3 Å². The van der Waals surface area contributed by atoms with Crippen LogP contribution in [0.1, 0.15) is 26.3 Å². The zero-order chi connectivity index (χ0) is 12.3. The van der Waals surface area contributed by atoms with Crippen molar-refractivity contribution in [2.45, 2.75) is 33.2 Å². The lowest BCUT2D eigenvalue weighted by Crippen LogP contribution is -2.47. The highest BCUT2D eigenvalue weighted by Gasteiger charge is 2.18. The Morgan fingerprint density at radius 3 is 2.31 bits per heavy atom. The van der Waals surface area contributed by atoms with Crippen molar-refractivity contribution in [3.05, 3.63) is 29.8 Å². The van der Waals surface area contributed by atoms with Gasteiger partial charge in [-0.3, -0.25) is 4.90 Å². The molecule has 0 aromatic heterocycles. The number of carbonyl (C=O) groups is 1. The smallest absolute Gasteiger partial charge is 0.322 e. The molecule has 88 valence electrons. The van der Waals surface area contributed by atoms with Crippen LogP contribution in [0.2, 0.25) is 0 Å². The van der Waals surface area contributed by atoms with Gasteiger partial charge in [-0.2, -0.15) is 0 Å². The van der Waals surface area contributed by atoms with Gasteiger partial charge in [0.25, 0.3) is 0 Å². The van der Waals surface area contributed by atoms with Crippen LogP contribution >= 0.6 is 0 Å². The van der Waals surface area contributed by atoms with Crippen molar-refractivity contribution in [2.24, 2.45) is 0 Å². The second-order valence-corrected chi connectivity index (χ2v) is 5.03. The number of aryl methyl sites for hydroxylation is 1. The van der Waals surface area contributed by atoms with Crippen LogP contribution in [-0.4, -0.2) is 18.6 Å². The van der Waals surface area contributed by atoms with Gasteiger partial charge in [0.15, 0.2) is 0 Å². The molecule has 0 fully saturated rings. The lowest BCUT2D eigenvalue weighted by Gasteiger charge is -2.26. The molecular formula is C13H20N2O. The Labute approximate surface area is 97.5 Å². The SMILES string of the molecule is Cc1ccccc1N(C)C(=O)NC(C)(C)C. The van der Waals surface area contributed by atoms with Crippen molar-refractivity contribution in [3.63, 3.8) is 0 Å². The number of anilines is 1. The van der Waals surface area contributed by atoms with E-state index in [0.717, 1.165) is 11.3 Å². The Morgan fingerprint density at radius 1 is 1.25 bits per heavy atom. The Kier molecular flexibility index (Phi) is 3.58. The molecule has 1 N–H and O–H groups in total. The summed E-state index contributed by atoms with van der Waals surface area (Å²) in [4.78, 5) is 13.6. The van der Waals surface area contributed by atoms with E-state index in [0.29, 0.717) is 0 Å². The molecule has 0 aliphatic heterocycles. The van der Waals surface area contributed by atoms with E-state index in [4.69, 9.17) is 0 Å². The van der Waals surface area contributed by atoms with Crippen molar-refractivity contribution >= 4 is 11.7 Å². The van der Waals surface area contributed by atoms with Crippen molar-refractivity contribution in [2.75, 3.05) is 11.9 Å². The van der Waals surface area contributed by atoms with Crippen LogP contribution in [0.3, 0.4) is 0 Å². The monoisotopic (exact) mass is 220 g/mol. The van der Waals surface area contributed by atoms with E-state index < -0.39 is 0 Å². The standard InChI is InChI=1S/C13H20N2O/c1-10-8-6-7-9-11(10)15(5)12(16)14-13(2,3)4/h6-9H,1-5H3,(H,14,16). The highest BCUT2D eigenvalue weighted by molar-refractivity contribution is 5.92. The maximum atomic E-state index is 11.9. The molecule has 0 saturated carbocycles. The second-order valence-electron chi connectivity index (χ2n) is 5.03. The molecular weight excluding hydrogens is 200 g/mol. The lowest BCUT2D eigenvalue weighted by atomic mass is 10.1. The second kappa shape index (κ2) is 4.56. The molecule has 0 unspecified atom stereocenters. The number of carbonyl (C=O) groups excluding carboxylic acids is 1. The molecule has 3 heteroatoms. The topological polar surface area (TPSA) is 32.3 Å². The molecule has 1 aromatic carbocycles. The minimum atomic E-state index is -0.214. The highest BCUT2D eigenvalue weighted by atomic mass is 16.2. The number of nitrogens with one attached hydrogen (secondary N) is 1. The third kappa shape index (κ3) is 3.26. The quantitative estimate of drug-likeness (QED) is 0.775. The number of hydrogen-bond donors (Lipinski definition) is 1. The molecule has 3 nitrogen and oxygen atoms in total. The fraction of sp³-hybridized carbons (Fsp3) is 0.462. The third-order valence-electron chi connectivity index (χ3n) is 2.26. The number of urea groups is 1. The summed E-state index contributed by atoms with van der Waals surface area (Å²) >= 11 is 0. The Balaban J connectivity index is 2.83. The summed E-state index contributed by atoms with van der Waals surface area (Å²) in [5, 5.41) is 2.93. The van der Waals surface area contributed by atoms with Crippen LogP contribution in [0, 0.1) is 6.92 Å². The van der Waals surface area contributed by atoms with Gasteiger partial charge in [-0.15, -0.1) is 0 Å². The van der Waals surface area contributed by atoms with E-state index in [-0.39, 0.29) is 11.6 Å². The van der Waals surface area contributed by atoms with Gasteiger partial charge in [0.2, 0.25) is 0 Å². The predicted octanol–water partition coefficient (Wildman–Crippen LogP) is 2.94. The molecule has 0 radical (unpaired) electrons. The summed E-state index contributed by atoms with van der Waals surface area (Å²) in [7, 11) is 1.78. The van der Waals surface area contributed by atoms with Crippen molar-refractivity contribution < 1.29 is 4.79 Å². The van der Waals surface area contributed by atoms with E-state index in [2.05, 4.69) is 5.32 Å². The molecule has 1 aromatic rings. The van der Waals surface area contributed by atoms with Crippen LogP contribution in [0.25, 0.3) is 0 Å². The number of nitrogens with zero attached hydrogens (tertiary/aromatic N) is 1. The van der Waals surface area contributed by atoms with E-state index in [1.54, 1.807) is 11.9 Å². The Hall–Kier alpha value is -1.51. The molecule has 0 aliphatic carbocycles. The molecule has 2 amide bonds. The first-order chi connectivity index (χ1) is 7.31. The van der Waals surface area contributed by atoms with Gasteiger partial charge in [-0.05, 0) is 39.3 Å². The first-order valence-electron chi connectivity index (χ1n) is 5.43. The van der Waals surface area contributed by atoms with Gasteiger partial charge in [0.05, 0.1) is 0 Å². The summed E-state index contributed by atoms with van der Waals surface area (Å²) in [6.45, 7) is 7.90. The fourth-order valence-corrected chi connectivity index (χ4v) is 1.45. The summed E-state index contributed by atoms with van der Waals surface area (Å²) in [6.07, 6.45) is 0. The van der Waals surface area contributed by atoms with Crippen molar-refractivity contribution in [1.29, 1.82) is 0 Å². The van der Waals surface area contributed by atoms with Gasteiger partial charge in [-0.25, -0.2) is 4.79 Å². The minimum absolute atomic E-state index is 0.0817. The van der Waals surface area contributed by atoms with Crippen LogP contribution in [0.5, 0.6) is 0 Å². The minimum Gasteiger partial charge on any atom is -0.333 e. The number of amides is 2. The predicted molar refractivity (Wildman–Crippen MR) is 67.9 cm³/mol. The Morgan fingerprint density at radius 2 is 1.81 bits per heavy atom. The largest absolute Gasteiger partial charge is 0.333 e. The summed E-state index contributed by atoms with van der Waals surface area (Å²) in [6, 6.07) is 7.76. The zero-order valence-corrected chi connectivity index (χ0v) is 10.7. The summed E-state index contributed by atoms with van der Waals surface area (Å²) in [5.41, 5.74) is 1.81. The molecule has 0 heterocycles. The first-order valence-corrected chi connectivity index (χ1v) is 5.43. The maximum Gasteiger partial charge on any atom is 0.322 e. The van der Waals surface area contributed by atoms with Gasteiger partial charge in [0.1, 0.15) is 0 Å². The fourth-order valence-electron chi connectivity index (χ4n) is 1.45. The van der Waals surface area contributed by atoms with E-state index >= 15 is 0 Å².